The maximum absolute atomic E-state index is 11.3. The van der Waals surface area contributed by atoms with E-state index in [4.69, 9.17) is 4.18 Å². The zero-order valence-electron chi connectivity index (χ0n) is 7.53. The molecule has 1 aliphatic heterocycles. The van der Waals surface area contributed by atoms with E-state index in [1.54, 1.807) is 0 Å². The molecule has 0 radical (unpaired) electrons. The lowest BCUT2D eigenvalue weighted by Crippen LogP contribution is -2.41. The molecule has 76 valence electrons. The first-order chi connectivity index (χ1) is 6.17. The minimum absolute atomic E-state index is 0.110. The van der Waals surface area contributed by atoms with Crippen LogP contribution in [0.4, 0.5) is 0 Å². The average molecular weight is 205 g/mol. The second-order valence-electron chi connectivity index (χ2n) is 3.74. The fourth-order valence-corrected chi connectivity index (χ4v) is 3.12. The van der Waals surface area contributed by atoms with E-state index >= 15 is 0 Å². The molecule has 1 saturated heterocycles. The molecule has 0 bridgehead atoms. The number of fused-ring (bicyclic) bond motifs is 1. The topological polar surface area (TPSA) is 55.4 Å². The molecular weight excluding hydrogens is 190 g/mol. The Balaban J connectivity index is 2.11. The zero-order chi connectivity index (χ0) is 9.31. The normalized spacial score (nSPS) is 39.1. The van der Waals surface area contributed by atoms with Crippen molar-refractivity contribution in [2.24, 2.45) is 0 Å². The molecule has 0 amide bonds. The molecular formula is C8H15NO3S. The maximum atomic E-state index is 11.3. The Morgan fingerprint density at radius 1 is 1.23 bits per heavy atom. The van der Waals surface area contributed by atoms with Crippen LogP contribution in [0, 0.1) is 0 Å². The summed E-state index contributed by atoms with van der Waals surface area (Å²) >= 11 is 0. The van der Waals surface area contributed by atoms with Crippen LogP contribution in [0.15, 0.2) is 0 Å². The number of hydrogen-bond acceptors (Lipinski definition) is 4. The molecule has 1 saturated carbocycles. The van der Waals surface area contributed by atoms with Crippen LogP contribution in [0.3, 0.4) is 0 Å². The summed E-state index contributed by atoms with van der Waals surface area (Å²) < 4.78 is 27.6. The van der Waals surface area contributed by atoms with Crippen LogP contribution >= 0.6 is 0 Å². The first-order valence-electron chi connectivity index (χ1n) is 4.82. The van der Waals surface area contributed by atoms with Gasteiger partial charge in [-0.05, 0) is 12.8 Å². The van der Waals surface area contributed by atoms with Crippen molar-refractivity contribution in [1.29, 1.82) is 0 Å². The van der Waals surface area contributed by atoms with E-state index in [1.165, 1.54) is 6.42 Å². The van der Waals surface area contributed by atoms with Gasteiger partial charge in [0.2, 0.25) is 0 Å². The SMILES string of the molecule is O=S1(=O)CCNC2CCCCC2O1. The average Bonchev–Trinajstić information content (AvgIpc) is 2.21. The van der Waals surface area contributed by atoms with Gasteiger partial charge in [-0.1, -0.05) is 12.8 Å². The quantitative estimate of drug-likeness (QED) is 0.576. The van der Waals surface area contributed by atoms with Gasteiger partial charge in [0, 0.05) is 12.6 Å². The Kier molecular flexibility index (Phi) is 2.58. The van der Waals surface area contributed by atoms with E-state index in [2.05, 4.69) is 5.32 Å². The van der Waals surface area contributed by atoms with Gasteiger partial charge in [0.25, 0.3) is 10.1 Å². The van der Waals surface area contributed by atoms with Crippen molar-refractivity contribution < 1.29 is 12.6 Å². The summed E-state index contributed by atoms with van der Waals surface area (Å²) in [4.78, 5) is 0. The molecule has 5 heteroatoms. The van der Waals surface area contributed by atoms with E-state index in [0.717, 1.165) is 19.3 Å². The highest BCUT2D eigenvalue weighted by Crippen LogP contribution is 2.24. The van der Waals surface area contributed by atoms with Gasteiger partial charge in [0.1, 0.15) is 0 Å². The van der Waals surface area contributed by atoms with Crippen molar-refractivity contribution in [3.63, 3.8) is 0 Å². The van der Waals surface area contributed by atoms with Gasteiger partial charge >= 0.3 is 0 Å². The maximum Gasteiger partial charge on any atom is 0.268 e. The van der Waals surface area contributed by atoms with Crippen molar-refractivity contribution in [1.82, 2.24) is 5.32 Å². The second-order valence-corrected chi connectivity index (χ2v) is 5.46. The van der Waals surface area contributed by atoms with Crippen LogP contribution < -0.4 is 5.32 Å². The Morgan fingerprint density at radius 3 is 2.85 bits per heavy atom. The lowest BCUT2D eigenvalue weighted by Gasteiger charge is -2.28. The minimum atomic E-state index is -3.25. The molecule has 1 aliphatic carbocycles. The standard InChI is InChI=1S/C8H15NO3S/c10-13(11)6-5-9-7-3-1-2-4-8(7)12-13/h7-9H,1-6H2. The summed E-state index contributed by atoms with van der Waals surface area (Å²) in [5, 5.41) is 3.23. The van der Waals surface area contributed by atoms with E-state index in [9.17, 15) is 8.42 Å². The van der Waals surface area contributed by atoms with Gasteiger partial charge in [0.15, 0.2) is 0 Å². The summed E-state index contributed by atoms with van der Waals surface area (Å²) in [5.74, 6) is 0.111. The molecule has 1 N–H and O–H groups in total. The third-order valence-electron chi connectivity index (χ3n) is 2.73. The number of nitrogens with one attached hydrogen (secondary N) is 1. The number of rotatable bonds is 0. The smallest absolute Gasteiger partial charge is 0.268 e. The van der Waals surface area contributed by atoms with E-state index in [1.807, 2.05) is 0 Å². The third-order valence-corrected chi connectivity index (χ3v) is 3.98. The van der Waals surface area contributed by atoms with Crippen LogP contribution in [0.2, 0.25) is 0 Å². The van der Waals surface area contributed by atoms with Crippen molar-refractivity contribution in [3.05, 3.63) is 0 Å². The lowest BCUT2D eigenvalue weighted by molar-refractivity contribution is 0.130. The first kappa shape index (κ1) is 9.43. The van der Waals surface area contributed by atoms with Gasteiger partial charge in [-0.15, -0.1) is 0 Å². The highest BCUT2D eigenvalue weighted by atomic mass is 32.2. The summed E-state index contributed by atoms with van der Waals surface area (Å²) in [7, 11) is -3.25. The Labute approximate surface area is 78.8 Å². The van der Waals surface area contributed by atoms with Crippen LogP contribution in [0.5, 0.6) is 0 Å². The van der Waals surface area contributed by atoms with E-state index < -0.39 is 10.1 Å². The molecule has 0 spiro atoms. The molecule has 2 fully saturated rings. The molecule has 1 heterocycles. The molecule has 0 aromatic heterocycles. The molecule has 13 heavy (non-hydrogen) atoms. The van der Waals surface area contributed by atoms with Gasteiger partial charge in [-0.3, -0.25) is 4.18 Å². The largest absolute Gasteiger partial charge is 0.310 e. The fourth-order valence-electron chi connectivity index (χ4n) is 2.05. The van der Waals surface area contributed by atoms with Crippen LogP contribution in [-0.2, 0) is 14.3 Å². The third kappa shape index (κ3) is 2.21. The van der Waals surface area contributed by atoms with E-state index in [-0.39, 0.29) is 17.9 Å². The van der Waals surface area contributed by atoms with Gasteiger partial charge in [-0.25, -0.2) is 0 Å². The van der Waals surface area contributed by atoms with Crippen molar-refractivity contribution in [3.8, 4) is 0 Å². The highest BCUT2D eigenvalue weighted by Gasteiger charge is 2.32. The van der Waals surface area contributed by atoms with E-state index in [0.29, 0.717) is 6.54 Å². The molecule has 2 unspecified atom stereocenters. The fraction of sp³-hybridized carbons (Fsp3) is 1.00. The summed E-state index contributed by atoms with van der Waals surface area (Å²) in [6.45, 7) is 0.531. The molecule has 2 atom stereocenters. The molecule has 2 aliphatic rings. The Bertz CT molecular complexity index is 275. The zero-order valence-corrected chi connectivity index (χ0v) is 8.35. The van der Waals surface area contributed by atoms with Crippen LogP contribution in [-0.4, -0.2) is 32.9 Å². The first-order valence-corrected chi connectivity index (χ1v) is 6.39. The van der Waals surface area contributed by atoms with Crippen LogP contribution in [0.25, 0.3) is 0 Å². The molecule has 4 nitrogen and oxygen atoms in total. The molecule has 2 rings (SSSR count). The molecule has 0 aromatic carbocycles. The van der Waals surface area contributed by atoms with Crippen LogP contribution in [0.1, 0.15) is 25.7 Å². The highest BCUT2D eigenvalue weighted by molar-refractivity contribution is 7.86. The van der Waals surface area contributed by atoms with Crippen molar-refractivity contribution in [2.75, 3.05) is 12.3 Å². The summed E-state index contributed by atoms with van der Waals surface area (Å²) in [6.07, 6.45) is 4.06. The van der Waals surface area contributed by atoms with Crippen molar-refractivity contribution in [2.45, 2.75) is 37.8 Å². The molecule has 0 aromatic rings. The minimum Gasteiger partial charge on any atom is -0.310 e. The number of hydrogen-bond donors (Lipinski definition) is 1. The lowest BCUT2D eigenvalue weighted by atomic mass is 9.93. The monoisotopic (exact) mass is 205 g/mol. The van der Waals surface area contributed by atoms with Gasteiger partial charge in [0.05, 0.1) is 11.9 Å². The van der Waals surface area contributed by atoms with Gasteiger partial charge in [-0.2, -0.15) is 8.42 Å². The predicted molar refractivity (Wildman–Crippen MR) is 48.9 cm³/mol. The van der Waals surface area contributed by atoms with Crippen molar-refractivity contribution >= 4 is 10.1 Å². The predicted octanol–water partition coefficient (Wildman–Crippen LogP) is 0.247. The summed E-state index contributed by atoms with van der Waals surface area (Å²) in [5.41, 5.74) is 0. The Hall–Kier alpha value is -0.130. The van der Waals surface area contributed by atoms with Gasteiger partial charge < -0.3 is 5.32 Å². The second kappa shape index (κ2) is 3.55. The Morgan fingerprint density at radius 2 is 2.00 bits per heavy atom. The summed E-state index contributed by atoms with van der Waals surface area (Å²) in [6, 6.07) is 0.256.